The molecule has 1 aliphatic carbocycles. The van der Waals surface area contributed by atoms with Crippen LogP contribution in [0, 0.1) is 17.2 Å². The monoisotopic (exact) mass is 242 g/mol. The molecule has 0 radical (unpaired) electrons. The van der Waals surface area contributed by atoms with Gasteiger partial charge in [-0.25, -0.2) is 0 Å². The van der Waals surface area contributed by atoms with Crippen LogP contribution in [0.15, 0.2) is 30.3 Å². The SMILES string of the molecule is CCC1CCCCC1(C#N)NCc1ccccc1. The van der Waals surface area contributed by atoms with Crippen molar-refractivity contribution < 1.29 is 0 Å². The molecule has 96 valence electrons. The third-order valence-corrected chi connectivity index (χ3v) is 4.21. The number of nitrogens with zero attached hydrogens (tertiary/aromatic N) is 1. The first-order chi connectivity index (χ1) is 8.80. The van der Waals surface area contributed by atoms with E-state index in [1.165, 1.54) is 24.8 Å². The summed E-state index contributed by atoms with van der Waals surface area (Å²) in [6.07, 6.45) is 5.72. The Morgan fingerprint density at radius 2 is 2.11 bits per heavy atom. The van der Waals surface area contributed by atoms with E-state index < -0.39 is 0 Å². The van der Waals surface area contributed by atoms with E-state index in [1.54, 1.807) is 0 Å². The molecule has 18 heavy (non-hydrogen) atoms. The first kappa shape index (κ1) is 13.1. The van der Waals surface area contributed by atoms with Crippen molar-refractivity contribution in [2.75, 3.05) is 0 Å². The number of hydrogen-bond donors (Lipinski definition) is 1. The summed E-state index contributed by atoms with van der Waals surface area (Å²) in [5.41, 5.74) is 0.954. The molecule has 1 N–H and O–H groups in total. The Morgan fingerprint density at radius 1 is 1.33 bits per heavy atom. The first-order valence-corrected chi connectivity index (χ1v) is 7.01. The van der Waals surface area contributed by atoms with E-state index in [0.29, 0.717) is 5.92 Å². The molecule has 2 heteroatoms. The smallest absolute Gasteiger partial charge is 0.109 e. The van der Waals surface area contributed by atoms with Crippen molar-refractivity contribution in [3.63, 3.8) is 0 Å². The standard InChI is InChI=1S/C16H22N2/c1-2-15-10-6-7-11-16(15,13-17)18-12-14-8-4-3-5-9-14/h3-5,8-9,15,18H,2,6-7,10-12H2,1H3. The highest BCUT2D eigenvalue weighted by Crippen LogP contribution is 2.35. The summed E-state index contributed by atoms with van der Waals surface area (Å²) in [7, 11) is 0. The molecule has 0 amide bonds. The topological polar surface area (TPSA) is 35.8 Å². The minimum atomic E-state index is -0.303. The molecule has 1 aromatic rings. The molecule has 0 aliphatic heterocycles. The van der Waals surface area contributed by atoms with Crippen molar-refractivity contribution in [2.45, 2.75) is 51.1 Å². The predicted octanol–water partition coefficient (Wildman–Crippen LogP) is 3.64. The van der Waals surface area contributed by atoms with Gasteiger partial charge in [0.25, 0.3) is 0 Å². The molecule has 0 aromatic heterocycles. The molecule has 0 spiro atoms. The molecule has 2 unspecified atom stereocenters. The lowest BCUT2D eigenvalue weighted by atomic mass is 9.72. The zero-order valence-corrected chi connectivity index (χ0v) is 11.2. The van der Waals surface area contributed by atoms with Gasteiger partial charge in [-0.15, -0.1) is 0 Å². The van der Waals surface area contributed by atoms with Crippen LogP contribution in [0.2, 0.25) is 0 Å². The van der Waals surface area contributed by atoms with Gasteiger partial charge in [0.05, 0.1) is 6.07 Å². The Balaban J connectivity index is 2.06. The lowest BCUT2D eigenvalue weighted by molar-refractivity contribution is 0.189. The van der Waals surface area contributed by atoms with E-state index >= 15 is 0 Å². The van der Waals surface area contributed by atoms with Crippen LogP contribution in [0.3, 0.4) is 0 Å². The second kappa shape index (κ2) is 6.02. The highest BCUT2D eigenvalue weighted by molar-refractivity contribution is 5.18. The molecule has 0 bridgehead atoms. The third-order valence-electron chi connectivity index (χ3n) is 4.21. The van der Waals surface area contributed by atoms with Crippen molar-refractivity contribution in [3.8, 4) is 6.07 Å². The molecule has 1 saturated carbocycles. The fourth-order valence-corrected chi connectivity index (χ4v) is 3.07. The Kier molecular flexibility index (Phi) is 4.38. The van der Waals surface area contributed by atoms with Crippen molar-refractivity contribution in [3.05, 3.63) is 35.9 Å². The summed E-state index contributed by atoms with van der Waals surface area (Å²) in [6.45, 7) is 3.00. The maximum absolute atomic E-state index is 9.61. The van der Waals surface area contributed by atoms with Crippen LogP contribution in [-0.2, 0) is 6.54 Å². The summed E-state index contributed by atoms with van der Waals surface area (Å²) >= 11 is 0. The quantitative estimate of drug-likeness (QED) is 0.875. The largest absolute Gasteiger partial charge is 0.295 e. The van der Waals surface area contributed by atoms with Gasteiger partial charge in [0.1, 0.15) is 5.54 Å². The molecule has 0 saturated heterocycles. The van der Waals surface area contributed by atoms with E-state index in [9.17, 15) is 5.26 Å². The van der Waals surface area contributed by atoms with Gasteiger partial charge in [0.15, 0.2) is 0 Å². The molecule has 1 aromatic carbocycles. The molecule has 2 atom stereocenters. The van der Waals surface area contributed by atoms with E-state index in [0.717, 1.165) is 19.4 Å². The third kappa shape index (κ3) is 2.73. The Hall–Kier alpha value is -1.33. The minimum Gasteiger partial charge on any atom is -0.295 e. The Morgan fingerprint density at radius 3 is 2.78 bits per heavy atom. The maximum Gasteiger partial charge on any atom is 0.109 e. The molecule has 2 nitrogen and oxygen atoms in total. The van der Waals surface area contributed by atoms with Crippen LogP contribution < -0.4 is 5.32 Å². The van der Waals surface area contributed by atoms with Crippen molar-refractivity contribution >= 4 is 0 Å². The average molecular weight is 242 g/mol. The predicted molar refractivity (Wildman–Crippen MR) is 73.9 cm³/mol. The van der Waals surface area contributed by atoms with Crippen molar-refractivity contribution in [2.24, 2.45) is 5.92 Å². The Bertz CT molecular complexity index is 407. The minimum absolute atomic E-state index is 0.303. The van der Waals surface area contributed by atoms with Crippen LogP contribution in [0.1, 0.15) is 44.6 Å². The summed E-state index contributed by atoms with van der Waals surface area (Å²) in [6, 6.07) is 12.9. The lowest BCUT2D eigenvalue weighted by Crippen LogP contribution is -2.51. The van der Waals surface area contributed by atoms with Crippen LogP contribution in [0.25, 0.3) is 0 Å². The molecular weight excluding hydrogens is 220 g/mol. The second-order valence-corrected chi connectivity index (χ2v) is 5.27. The zero-order chi connectivity index (χ0) is 12.8. The number of rotatable bonds is 4. The van der Waals surface area contributed by atoms with Crippen LogP contribution in [0.4, 0.5) is 0 Å². The first-order valence-electron chi connectivity index (χ1n) is 7.01. The van der Waals surface area contributed by atoms with Crippen LogP contribution in [-0.4, -0.2) is 5.54 Å². The number of benzene rings is 1. The van der Waals surface area contributed by atoms with Crippen molar-refractivity contribution in [1.82, 2.24) is 5.32 Å². The fourth-order valence-electron chi connectivity index (χ4n) is 3.07. The number of nitrogens with one attached hydrogen (secondary N) is 1. The highest BCUT2D eigenvalue weighted by atomic mass is 15.0. The van der Waals surface area contributed by atoms with Gasteiger partial charge < -0.3 is 0 Å². The van der Waals surface area contributed by atoms with Gasteiger partial charge in [0.2, 0.25) is 0 Å². The van der Waals surface area contributed by atoms with Gasteiger partial charge >= 0.3 is 0 Å². The van der Waals surface area contributed by atoms with Gasteiger partial charge in [-0.05, 0) is 24.3 Å². The second-order valence-electron chi connectivity index (χ2n) is 5.27. The molecule has 0 heterocycles. The highest BCUT2D eigenvalue weighted by Gasteiger charge is 2.39. The lowest BCUT2D eigenvalue weighted by Gasteiger charge is -2.39. The number of hydrogen-bond acceptors (Lipinski definition) is 2. The Labute approximate surface area is 110 Å². The van der Waals surface area contributed by atoms with Gasteiger partial charge in [0, 0.05) is 6.54 Å². The summed E-state index contributed by atoms with van der Waals surface area (Å²) < 4.78 is 0. The van der Waals surface area contributed by atoms with Crippen LogP contribution >= 0.6 is 0 Å². The van der Waals surface area contributed by atoms with Gasteiger partial charge in [-0.3, -0.25) is 5.32 Å². The summed E-state index contributed by atoms with van der Waals surface area (Å²) in [5.74, 6) is 0.500. The molecule has 1 fully saturated rings. The number of nitriles is 1. The average Bonchev–Trinajstić information content (AvgIpc) is 2.46. The zero-order valence-electron chi connectivity index (χ0n) is 11.2. The normalized spacial score (nSPS) is 27.7. The van der Waals surface area contributed by atoms with E-state index in [-0.39, 0.29) is 5.54 Å². The van der Waals surface area contributed by atoms with Gasteiger partial charge in [-0.2, -0.15) is 5.26 Å². The van der Waals surface area contributed by atoms with E-state index in [2.05, 4.69) is 30.4 Å². The van der Waals surface area contributed by atoms with Crippen LogP contribution in [0.5, 0.6) is 0 Å². The molecule has 1 aliphatic rings. The van der Waals surface area contributed by atoms with E-state index in [1.807, 2.05) is 18.2 Å². The maximum atomic E-state index is 9.61. The van der Waals surface area contributed by atoms with Crippen molar-refractivity contribution in [1.29, 1.82) is 5.26 Å². The fraction of sp³-hybridized carbons (Fsp3) is 0.562. The molecule has 2 rings (SSSR count). The summed E-state index contributed by atoms with van der Waals surface area (Å²) in [5, 5.41) is 13.1. The summed E-state index contributed by atoms with van der Waals surface area (Å²) in [4.78, 5) is 0. The van der Waals surface area contributed by atoms with E-state index in [4.69, 9.17) is 0 Å². The molecular formula is C16H22N2. The van der Waals surface area contributed by atoms with Gasteiger partial charge in [-0.1, -0.05) is 56.5 Å².